The summed E-state index contributed by atoms with van der Waals surface area (Å²) in [6, 6.07) is 4.95. The number of likely N-dealkylation sites (N-methyl/N-ethyl adjacent to an activating group) is 1. The molecule has 1 aromatic rings. The van der Waals surface area contributed by atoms with Gasteiger partial charge in [0, 0.05) is 25.1 Å². The molecule has 2 rings (SSSR count). The highest BCUT2D eigenvalue weighted by atomic mass is 14.8. The van der Waals surface area contributed by atoms with Crippen molar-refractivity contribution >= 4 is 0 Å². The zero-order valence-corrected chi connectivity index (χ0v) is 18.6. The Balaban J connectivity index is 2.48. The van der Waals surface area contributed by atoms with E-state index in [-0.39, 0.29) is 0 Å². The zero-order chi connectivity index (χ0) is 20.0. The van der Waals surface area contributed by atoms with Crippen LogP contribution in [0.1, 0.15) is 88.0 Å². The van der Waals surface area contributed by atoms with Crippen LogP contribution in [0.2, 0.25) is 0 Å². The number of hydrogen-bond acceptors (Lipinski definition) is 1. The van der Waals surface area contributed by atoms with E-state index >= 15 is 0 Å². The van der Waals surface area contributed by atoms with Gasteiger partial charge in [-0.15, -0.1) is 0 Å². The number of aryl methyl sites for hydroxylation is 2. The van der Waals surface area contributed by atoms with Crippen LogP contribution in [0.15, 0.2) is 36.1 Å². The van der Waals surface area contributed by atoms with Gasteiger partial charge in [-0.25, -0.2) is 0 Å². The number of rotatable bonds is 9. The van der Waals surface area contributed by atoms with E-state index in [2.05, 4.69) is 64.7 Å². The molecular formula is C26H41N. The maximum absolute atomic E-state index is 4.23. The van der Waals surface area contributed by atoms with E-state index in [0.717, 1.165) is 18.0 Å². The van der Waals surface area contributed by atoms with Gasteiger partial charge in [-0.05, 0) is 73.6 Å². The Hall–Kier alpha value is -1.50. The van der Waals surface area contributed by atoms with Gasteiger partial charge in [-0.2, -0.15) is 0 Å². The largest absolute Gasteiger partial charge is 0.392 e. The minimum absolute atomic E-state index is 0.545. The summed E-state index contributed by atoms with van der Waals surface area (Å²) >= 11 is 0. The summed E-state index contributed by atoms with van der Waals surface area (Å²) in [5.41, 5.74) is 8.71. The lowest BCUT2D eigenvalue weighted by Crippen LogP contribution is -2.23. The number of benzene rings is 1. The van der Waals surface area contributed by atoms with Gasteiger partial charge in [0.15, 0.2) is 0 Å². The smallest absolute Gasteiger partial charge is 0.0120 e. The van der Waals surface area contributed by atoms with Crippen LogP contribution in [0.4, 0.5) is 0 Å². The molecule has 0 bridgehead atoms. The molecule has 2 atom stereocenters. The highest BCUT2D eigenvalue weighted by Gasteiger charge is 2.30. The van der Waals surface area contributed by atoms with Crippen LogP contribution in [0.25, 0.3) is 0 Å². The third-order valence-corrected chi connectivity index (χ3v) is 6.35. The first-order valence-corrected chi connectivity index (χ1v) is 11.0. The Morgan fingerprint density at radius 2 is 1.96 bits per heavy atom. The molecule has 1 heteroatoms. The van der Waals surface area contributed by atoms with Crippen LogP contribution in [-0.4, -0.2) is 7.05 Å². The molecule has 27 heavy (non-hydrogen) atoms. The SMILES string of the molecule is C=C(Cc1cc(CCCCC)cc(C)c1C1C=C(C)CCC1C(C)C)NC. The fourth-order valence-corrected chi connectivity index (χ4v) is 4.75. The lowest BCUT2D eigenvalue weighted by Gasteiger charge is -2.35. The molecule has 0 saturated heterocycles. The fraction of sp³-hybridized carbons (Fsp3) is 0.615. The van der Waals surface area contributed by atoms with Crippen LogP contribution < -0.4 is 5.32 Å². The quantitative estimate of drug-likeness (QED) is 0.362. The fourth-order valence-electron chi connectivity index (χ4n) is 4.75. The third-order valence-electron chi connectivity index (χ3n) is 6.35. The highest BCUT2D eigenvalue weighted by Crippen LogP contribution is 2.43. The summed E-state index contributed by atoms with van der Waals surface area (Å²) in [5, 5.41) is 3.27. The first kappa shape index (κ1) is 21.8. The standard InChI is InChI=1S/C26H41N/c1-8-9-10-11-22-15-20(5)26(23(17-22)16-21(6)27-7)25-14-19(4)12-13-24(25)18(2)3/h14-15,17-18,24-25,27H,6,8-13,16H2,1-5,7H3. The molecule has 0 fully saturated rings. The lowest BCUT2D eigenvalue weighted by atomic mass is 9.69. The van der Waals surface area contributed by atoms with Crippen molar-refractivity contribution in [3.8, 4) is 0 Å². The van der Waals surface area contributed by atoms with E-state index in [4.69, 9.17) is 0 Å². The van der Waals surface area contributed by atoms with E-state index in [1.165, 1.54) is 55.2 Å². The predicted octanol–water partition coefficient (Wildman–Crippen LogP) is 7.10. The second-order valence-corrected chi connectivity index (χ2v) is 8.96. The molecule has 0 radical (unpaired) electrons. The van der Waals surface area contributed by atoms with Crippen LogP contribution >= 0.6 is 0 Å². The Bertz CT molecular complexity index is 665. The first-order valence-electron chi connectivity index (χ1n) is 11.0. The minimum Gasteiger partial charge on any atom is -0.392 e. The molecule has 1 aliphatic rings. The van der Waals surface area contributed by atoms with Crippen LogP contribution in [-0.2, 0) is 12.8 Å². The molecule has 0 heterocycles. The number of unbranched alkanes of at least 4 members (excludes halogenated alkanes) is 2. The summed E-state index contributed by atoms with van der Waals surface area (Å²) in [5.74, 6) is 1.99. The Morgan fingerprint density at radius 3 is 2.59 bits per heavy atom. The van der Waals surface area contributed by atoms with E-state index < -0.39 is 0 Å². The normalized spacial score (nSPS) is 19.9. The van der Waals surface area contributed by atoms with Gasteiger partial charge in [0.05, 0.1) is 0 Å². The molecule has 0 saturated carbocycles. The molecule has 0 amide bonds. The zero-order valence-electron chi connectivity index (χ0n) is 18.6. The van der Waals surface area contributed by atoms with Crippen LogP contribution in [0, 0.1) is 18.8 Å². The topological polar surface area (TPSA) is 12.0 Å². The Kier molecular flexibility index (Phi) is 8.20. The van der Waals surface area contributed by atoms with Crippen molar-refractivity contribution in [2.45, 2.75) is 85.5 Å². The molecule has 0 aromatic heterocycles. The van der Waals surface area contributed by atoms with E-state index in [1.807, 2.05) is 7.05 Å². The van der Waals surface area contributed by atoms with Crippen molar-refractivity contribution in [3.05, 3.63) is 58.3 Å². The predicted molar refractivity (Wildman–Crippen MR) is 120 cm³/mol. The van der Waals surface area contributed by atoms with Crippen LogP contribution in [0.5, 0.6) is 0 Å². The molecule has 0 spiro atoms. The Labute approximate surface area is 168 Å². The second-order valence-electron chi connectivity index (χ2n) is 8.96. The summed E-state index contributed by atoms with van der Waals surface area (Å²) in [7, 11) is 1.99. The van der Waals surface area contributed by atoms with Crippen molar-refractivity contribution in [3.63, 3.8) is 0 Å². The maximum atomic E-state index is 4.23. The van der Waals surface area contributed by atoms with Gasteiger partial charge in [0.25, 0.3) is 0 Å². The molecule has 1 N–H and O–H groups in total. The van der Waals surface area contributed by atoms with Crippen molar-refractivity contribution in [1.29, 1.82) is 0 Å². The highest BCUT2D eigenvalue weighted by molar-refractivity contribution is 5.45. The summed E-state index contributed by atoms with van der Waals surface area (Å²) in [4.78, 5) is 0. The Morgan fingerprint density at radius 1 is 1.22 bits per heavy atom. The second kappa shape index (κ2) is 10.2. The number of nitrogens with one attached hydrogen (secondary N) is 1. The van der Waals surface area contributed by atoms with Crippen molar-refractivity contribution in [1.82, 2.24) is 5.32 Å². The van der Waals surface area contributed by atoms with Gasteiger partial charge in [0.1, 0.15) is 0 Å². The molecule has 0 aliphatic heterocycles. The lowest BCUT2D eigenvalue weighted by molar-refractivity contribution is 0.314. The molecule has 150 valence electrons. The molecule has 1 aliphatic carbocycles. The molecule has 1 aromatic carbocycles. The number of hydrogen-bond donors (Lipinski definition) is 1. The average molecular weight is 368 g/mol. The van der Waals surface area contributed by atoms with E-state index in [1.54, 1.807) is 11.1 Å². The monoisotopic (exact) mass is 367 g/mol. The molecule has 2 unspecified atom stereocenters. The van der Waals surface area contributed by atoms with Crippen molar-refractivity contribution in [2.75, 3.05) is 7.05 Å². The summed E-state index contributed by atoms with van der Waals surface area (Å²) in [6.07, 6.45) is 11.2. The van der Waals surface area contributed by atoms with Gasteiger partial charge in [0.2, 0.25) is 0 Å². The van der Waals surface area contributed by atoms with Gasteiger partial charge in [-0.3, -0.25) is 0 Å². The van der Waals surface area contributed by atoms with Gasteiger partial charge >= 0.3 is 0 Å². The number of allylic oxidation sites excluding steroid dienone is 3. The van der Waals surface area contributed by atoms with Crippen molar-refractivity contribution in [2.24, 2.45) is 11.8 Å². The summed E-state index contributed by atoms with van der Waals surface area (Å²) in [6.45, 7) is 15.9. The van der Waals surface area contributed by atoms with Gasteiger partial charge in [-0.1, -0.05) is 64.0 Å². The first-order chi connectivity index (χ1) is 12.9. The summed E-state index contributed by atoms with van der Waals surface area (Å²) < 4.78 is 0. The molecular weight excluding hydrogens is 326 g/mol. The van der Waals surface area contributed by atoms with E-state index in [0.29, 0.717) is 11.8 Å². The van der Waals surface area contributed by atoms with E-state index in [9.17, 15) is 0 Å². The maximum Gasteiger partial charge on any atom is 0.0120 e. The van der Waals surface area contributed by atoms with Crippen LogP contribution in [0.3, 0.4) is 0 Å². The van der Waals surface area contributed by atoms with Gasteiger partial charge < -0.3 is 5.32 Å². The minimum atomic E-state index is 0.545. The average Bonchev–Trinajstić information content (AvgIpc) is 2.61. The third kappa shape index (κ3) is 5.74. The molecule has 1 nitrogen and oxygen atoms in total. The van der Waals surface area contributed by atoms with Crippen molar-refractivity contribution < 1.29 is 0 Å².